The van der Waals surface area contributed by atoms with E-state index in [0.717, 1.165) is 5.57 Å². The average molecular weight is 300 g/mol. The van der Waals surface area contributed by atoms with Crippen LogP contribution in [0.3, 0.4) is 0 Å². The van der Waals surface area contributed by atoms with Crippen LogP contribution in [0.5, 0.6) is 0 Å². The summed E-state index contributed by atoms with van der Waals surface area (Å²) in [6.07, 6.45) is 13.2. The Kier molecular flexibility index (Phi) is 15.1. The predicted molar refractivity (Wildman–Crippen MR) is 76.4 cm³/mol. The summed E-state index contributed by atoms with van der Waals surface area (Å²) < 4.78 is 0. The zero-order valence-electron chi connectivity index (χ0n) is 12.7. The van der Waals surface area contributed by atoms with Crippen LogP contribution in [0, 0.1) is 12.3 Å². The number of hydrogen-bond donors (Lipinski definition) is 2. The molecule has 0 aromatic rings. The summed E-state index contributed by atoms with van der Waals surface area (Å²) in [5.41, 5.74) is 0.849. The van der Waals surface area contributed by atoms with Gasteiger partial charge >= 0.3 is 29.6 Å². The molecule has 0 unspecified atom stereocenters. The van der Waals surface area contributed by atoms with Crippen molar-refractivity contribution in [3.63, 3.8) is 0 Å². The fourth-order valence-electron chi connectivity index (χ4n) is 1.49. The van der Waals surface area contributed by atoms with Crippen molar-refractivity contribution in [2.24, 2.45) is 0 Å². The number of carbonyl (C=O) groups is 1. The first-order chi connectivity index (χ1) is 9.45. The van der Waals surface area contributed by atoms with E-state index in [2.05, 4.69) is 5.92 Å². The van der Waals surface area contributed by atoms with Crippen molar-refractivity contribution in [3.05, 3.63) is 36.0 Å². The summed E-state index contributed by atoms with van der Waals surface area (Å²) >= 11 is 0. The monoisotopic (exact) mass is 300 g/mol. The van der Waals surface area contributed by atoms with Crippen LogP contribution in [-0.4, -0.2) is 28.4 Å². The molecule has 21 heavy (non-hydrogen) atoms. The number of aliphatic hydroxyl groups excluding tert-OH is 2. The van der Waals surface area contributed by atoms with E-state index in [1.807, 2.05) is 6.92 Å². The Morgan fingerprint density at radius 2 is 2.00 bits per heavy atom. The molecule has 0 saturated carbocycles. The molecule has 0 aliphatic carbocycles. The molecule has 0 aliphatic heterocycles. The summed E-state index contributed by atoms with van der Waals surface area (Å²) in [6, 6.07) is 0. The molecular formula is C16H21NaO4. The fourth-order valence-corrected chi connectivity index (χ4v) is 1.49. The third-order valence-electron chi connectivity index (χ3n) is 2.47. The quantitative estimate of drug-likeness (QED) is 0.285. The van der Waals surface area contributed by atoms with Gasteiger partial charge in [-0.3, -0.25) is 0 Å². The van der Waals surface area contributed by atoms with Crippen molar-refractivity contribution < 1.29 is 49.7 Å². The van der Waals surface area contributed by atoms with Gasteiger partial charge in [0.1, 0.15) is 0 Å². The average Bonchev–Trinajstić information content (AvgIpc) is 2.34. The minimum Gasteiger partial charge on any atom is -0.550 e. The van der Waals surface area contributed by atoms with E-state index in [4.69, 9.17) is 6.42 Å². The molecule has 0 amide bonds. The maximum Gasteiger partial charge on any atom is 1.00 e. The molecule has 0 radical (unpaired) electrons. The van der Waals surface area contributed by atoms with E-state index in [0.29, 0.717) is 12.8 Å². The number of allylic oxidation sites excluding steroid dienone is 4. The number of aliphatic carboxylic acids is 1. The Labute approximate surface area is 148 Å². The zero-order valence-corrected chi connectivity index (χ0v) is 14.7. The SMILES string of the molecule is C#CC[C@@H](O)/C=C/C=C/C(C)=C\[C@@H](O)CCCC(=O)[O-].[Na+]. The van der Waals surface area contributed by atoms with Gasteiger partial charge in [0.25, 0.3) is 0 Å². The molecule has 110 valence electrons. The minimum absolute atomic E-state index is 0. The standard InChI is InChI=1S/C16H22O4.Na/c1-3-7-14(17)9-5-4-8-13(2)12-15(18)10-6-11-16(19)20;/h1,4-5,8-9,12,14-15,17-18H,6-7,10-11H2,2H3,(H,19,20);/q;+1/p-1/b8-4+,9-5+,13-12-;/t14-,15+;/m1./s1. The fraction of sp³-hybridized carbons (Fsp3) is 0.438. The molecule has 0 aromatic heterocycles. The van der Waals surface area contributed by atoms with Gasteiger partial charge in [-0.25, -0.2) is 0 Å². The molecule has 0 heterocycles. The van der Waals surface area contributed by atoms with Crippen molar-refractivity contribution in [2.75, 3.05) is 0 Å². The molecule has 0 rings (SSSR count). The number of terminal acetylenes is 1. The smallest absolute Gasteiger partial charge is 0.550 e. The molecule has 5 heteroatoms. The molecule has 0 aliphatic rings. The van der Waals surface area contributed by atoms with Gasteiger partial charge in [0.05, 0.1) is 12.2 Å². The van der Waals surface area contributed by atoms with Crippen molar-refractivity contribution in [1.82, 2.24) is 0 Å². The maximum absolute atomic E-state index is 10.2. The van der Waals surface area contributed by atoms with Gasteiger partial charge in [-0.1, -0.05) is 36.0 Å². The van der Waals surface area contributed by atoms with Gasteiger partial charge in [-0.15, -0.1) is 12.3 Å². The van der Waals surface area contributed by atoms with Crippen molar-refractivity contribution in [1.29, 1.82) is 0 Å². The molecule has 0 aromatic carbocycles. The number of carbonyl (C=O) groups excluding carboxylic acids is 1. The molecule has 0 spiro atoms. The minimum atomic E-state index is -1.10. The van der Waals surface area contributed by atoms with Crippen LogP contribution < -0.4 is 34.7 Å². The normalized spacial score (nSPS) is 14.7. The van der Waals surface area contributed by atoms with Gasteiger partial charge in [0.2, 0.25) is 0 Å². The molecule has 0 fully saturated rings. The van der Waals surface area contributed by atoms with E-state index < -0.39 is 18.2 Å². The second-order valence-electron chi connectivity index (χ2n) is 4.46. The van der Waals surface area contributed by atoms with Crippen LogP contribution >= 0.6 is 0 Å². The first-order valence-electron chi connectivity index (χ1n) is 6.48. The largest absolute Gasteiger partial charge is 1.00 e. The van der Waals surface area contributed by atoms with E-state index in [9.17, 15) is 20.1 Å². The van der Waals surface area contributed by atoms with Crippen LogP contribution in [-0.2, 0) is 4.79 Å². The van der Waals surface area contributed by atoms with Crippen LogP contribution in [0.15, 0.2) is 36.0 Å². The van der Waals surface area contributed by atoms with Crippen molar-refractivity contribution in [2.45, 2.75) is 44.8 Å². The Hall–Kier alpha value is -0.830. The van der Waals surface area contributed by atoms with Gasteiger partial charge in [-0.05, 0) is 26.2 Å². The van der Waals surface area contributed by atoms with Gasteiger partial charge in [0.15, 0.2) is 0 Å². The summed E-state index contributed by atoms with van der Waals surface area (Å²) in [7, 11) is 0. The number of aliphatic hydroxyl groups is 2. The van der Waals surface area contributed by atoms with Crippen molar-refractivity contribution >= 4 is 5.97 Å². The van der Waals surface area contributed by atoms with Gasteiger partial charge in [0, 0.05) is 12.4 Å². The number of carboxylic acid groups (broad SMARTS) is 1. The first-order valence-corrected chi connectivity index (χ1v) is 6.48. The number of rotatable bonds is 9. The van der Waals surface area contributed by atoms with Crippen LogP contribution in [0.1, 0.15) is 32.6 Å². The molecule has 2 atom stereocenters. The second-order valence-corrected chi connectivity index (χ2v) is 4.46. The third kappa shape index (κ3) is 15.4. The second kappa shape index (κ2) is 14.1. The van der Waals surface area contributed by atoms with E-state index in [1.54, 1.807) is 30.4 Å². The Morgan fingerprint density at radius 3 is 2.57 bits per heavy atom. The number of hydrogen-bond acceptors (Lipinski definition) is 4. The number of carboxylic acids is 1. The topological polar surface area (TPSA) is 80.6 Å². The summed E-state index contributed by atoms with van der Waals surface area (Å²) in [6.45, 7) is 1.82. The molecule has 0 bridgehead atoms. The van der Waals surface area contributed by atoms with E-state index in [1.165, 1.54) is 0 Å². The van der Waals surface area contributed by atoms with Crippen molar-refractivity contribution in [3.8, 4) is 12.3 Å². The zero-order chi connectivity index (χ0) is 15.4. The first kappa shape index (κ1) is 22.5. The molecular weight excluding hydrogens is 279 g/mol. The van der Waals surface area contributed by atoms with Crippen LogP contribution in [0.25, 0.3) is 0 Å². The van der Waals surface area contributed by atoms with Crippen LogP contribution in [0.4, 0.5) is 0 Å². The molecule has 0 saturated heterocycles. The summed E-state index contributed by atoms with van der Waals surface area (Å²) in [5.74, 6) is 1.25. The Morgan fingerprint density at radius 1 is 1.33 bits per heavy atom. The molecule has 2 N–H and O–H groups in total. The van der Waals surface area contributed by atoms with E-state index >= 15 is 0 Å². The maximum atomic E-state index is 10.2. The summed E-state index contributed by atoms with van der Waals surface area (Å²) in [5, 5.41) is 29.2. The van der Waals surface area contributed by atoms with Gasteiger partial charge < -0.3 is 20.1 Å². The van der Waals surface area contributed by atoms with E-state index in [-0.39, 0.29) is 42.4 Å². The van der Waals surface area contributed by atoms with Gasteiger partial charge in [-0.2, -0.15) is 0 Å². The Bertz CT molecular complexity index is 418. The van der Waals surface area contributed by atoms with Crippen LogP contribution in [0.2, 0.25) is 0 Å². The molecule has 4 nitrogen and oxygen atoms in total. The predicted octanol–water partition coefficient (Wildman–Crippen LogP) is -2.29. The summed E-state index contributed by atoms with van der Waals surface area (Å²) in [4.78, 5) is 10.2. The third-order valence-corrected chi connectivity index (χ3v) is 2.47. The Balaban J connectivity index is 0.